The van der Waals surface area contributed by atoms with Crippen LogP contribution in [0.1, 0.15) is 29.9 Å². The maximum absolute atomic E-state index is 15.1. The van der Waals surface area contributed by atoms with Crippen LogP contribution in [0.15, 0.2) is 79.3 Å². The van der Waals surface area contributed by atoms with Crippen molar-refractivity contribution < 1.29 is 17.6 Å². The van der Waals surface area contributed by atoms with E-state index in [1.165, 1.54) is 35.1 Å². The van der Waals surface area contributed by atoms with Crippen LogP contribution in [0.25, 0.3) is 34.1 Å². The zero-order chi connectivity index (χ0) is 28.2. The first-order valence-electron chi connectivity index (χ1n) is 12.4. The number of alkyl halides is 2. The van der Waals surface area contributed by atoms with Gasteiger partial charge in [-0.15, -0.1) is 5.10 Å². The van der Waals surface area contributed by atoms with E-state index in [-0.39, 0.29) is 11.2 Å². The first-order valence-corrected chi connectivity index (χ1v) is 12.4. The second kappa shape index (κ2) is 9.44. The molecule has 6 aromatic rings. The molecule has 7 nitrogen and oxygen atoms in total. The molecule has 0 amide bonds. The van der Waals surface area contributed by atoms with Crippen molar-refractivity contribution in [3.63, 3.8) is 0 Å². The molecule has 1 atom stereocenters. The van der Waals surface area contributed by atoms with E-state index in [4.69, 9.17) is 0 Å². The van der Waals surface area contributed by atoms with Crippen molar-refractivity contribution in [3.8, 4) is 28.5 Å². The van der Waals surface area contributed by atoms with E-state index in [0.717, 1.165) is 35.1 Å². The summed E-state index contributed by atoms with van der Waals surface area (Å²) in [7, 11) is 0. The summed E-state index contributed by atoms with van der Waals surface area (Å²) in [4.78, 5) is 9.01. The molecule has 0 bridgehead atoms. The Bertz CT molecular complexity index is 1830. The second-order valence-corrected chi connectivity index (χ2v) is 9.74. The van der Waals surface area contributed by atoms with Gasteiger partial charge in [0.15, 0.2) is 11.5 Å². The smallest absolute Gasteiger partial charge is 0.271 e. The summed E-state index contributed by atoms with van der Waals surface area (Å²) in [5.41, 5.74) is 3.99. The fraction of sp³-hybridized carbons (Fsp3) is 0.172. The van der Waals surface area contributed by atoms with E-state index in [0.29, 0.717) is 28.5 Å². The molecule has 0 N–H and O–H groups in total. The average Bonchev–Trinajstić information content (AvgIpc) is 3.63. The molecule has 1 aromatic carbocycles. The molecule has 0 unspecified atom stereocenters. The highest BCUT2D eigenvalue weighted by atomic mass is 19.3. The molecule has 0 spiro atoms. The Morgan fingerprint density at radius 3 is 2.17 bits per heavy atom. The van der Waals surface area contributed by atoms with E-state index in [2.05, 4.69) is 20.2 Å². The third kappa shape index (κ3) is 4.53. The third-order valence-electron chi connectivity index (χ3n) is 6.72. The molecule has 0 aliphatic carbocycles. The predicted molar refractivity (Wildman–Crippen MR) is 141 cm³/mol. The lowest BCUT2D eigenvalue weighted by atomic mass is 10.0. The van der Waals surface area contributed by atoms with E-state index >= 15 is 4.39 Å². The summed E-state index contributed by atoms with van der Waals surface area (Å²) in [6.07, 6.45) is 4.54. The molecular weight excluding hydrogens is 522 g/mol. The van der Waals surface area contributed by atoms with Gasteiger partial charge >= 0.3 is 0 Å². The minimum atomic E-state index is -3.18. The first-order chi connectivity index (χ1) is 19.1. The van der Waals surface area contributed by atoms with Gasteiger partial charge in [0.1, 0.15) is 11.9 Å². The highest BCUT2D eigenvalue weighted by Crippen LogP contribution is 2.35. The SMILES string of the molecule is Cc1ccc(C)n1-c1nc2c(F)cc(-c3cccc(-c4cnn([C@H](c5ccc(F)cc5)C(C)(F)F)c4)n3)cn2n1. The van der Waals surface area contributed by atoms with Crippen LogP contribution in [-0.4, -0.2) is 39.9 Å². The molecule has 5 heterocycles. The molecule has 202 valence electrons. The van der Waals surface area contributed by atoms with Gasteiger partial charge in [-0.2, -0.15) is 10.1 Å². The number of aryl methyl sites for hydroxylation is 2. The molecule has 0 radical (unpaired) electrons. The van der Waals surface area contributed by atoms with Gasteiger partial charge in [0.25, 0.3) is 11.9 Å². The number of hydrogen-bond acceptors (Lipinski definition) is 4. The maximum atomic E-state index is 15.1. The van der Waals surface area contributed by atoms with Crippen LogP contribution in [0.4, 0.5) is 17.6 Å². The van der Waals surface area contributed by atoms with Crippen LogP contribution in [0, 0.1) is 25.5 Å². The van der Waals surface area contributed by atoms with Crippen LogP contribution in [-0.2, 0) is 0 Å². The van der Waals surface area contributed by atoms with Crippen molar-refractivity contribution in [2.45, 2.75) is 32.7 Å². The quantitative estimate of drug-likeness (QED) is 0.222. The monoisotopic (exact) mass is 545 g/mol. The largest absolute Gasteiger partial charge is 0.286 e. The van der Waals surface area contributed by atoms with Crippen molar-refractivity contribution in [1.82, 2.24) is 33.9 Å². The summed E-state index contributed by atoms with van der Waals surface area (Å²) in [6.45, 7) is 4.63. The van der Waals surface area contributed by atoms with Gasteiger partial charge in [-0.25, -0.2) is 27.1 Å². The predicted octanol–water partition coefficient (Wildman–Crippen LogP) is 6.59. The van der Waals surface area contributed by atoms with Crippen molar-refractivity contribution in [3.05, 3.63) is 108 Å². The zero-order valence-corrected chi connectivity index (χ0v) is 21.7. The topological polar surface area (TPSA) is 65.8 Å². The maximum Gasteiger partial charge on any atom is 0.271 e. The number of fused-ring (bicyclic) bond motifs is 1. The van der Waals surface area contributed by atoms with Crippen molar-refractivity contribution in [2.24, 2.45) is 0 Å². The Hall–Kier alpha value is -4.80. The first kappa shape index (κ1) is 25.5. The van der Waals surface area contributed by atoms with Crippen molar-refractivity contribution >= 4 is 5.65 Å². The van der Waals surface area contributed by atoms with Gasteiger partial charge < -0.3 is 0 Å². The van der Waals surface area contributed by atoms with Crippen molar-refractivity contribution in [1.29, 1.82) is 0 Å². The molecule has 0 saturated carbocycles. The van der Waals surface area contributed by atoms with Crippen LogP contribution in [0.3, 0.4) is 0 Å². The van der Waals surface area contributed by atoms with Gasteiger partial charge in [0.2, 0.25) is 0 Å². The lowest BCUT2D eigenvalue weighted by Crippen LogP contribution is -2.29. The molecule has 40 heavy (non-hydrogen) atoms. The number of benzene rings is 1. The number of halogens is 4. The summed E-state index contributed by atoms with van der Waals surface area (Å²) in [5.74, 6) is -3.91. The van der Waals surface area contributed by atoms with Gasteiger partial charge in [-0.3, -0.25) is 9.25 Å². The van der Waals surface area contributed by atoms with E-state index in [9.17, 15) is 13.2 Å². The van der Waals surface area contributed by atoms with Crippen LogP contribution in [0.5, 0.6) is 0 Å². The Morgan fingerprint density at radius 2 is 1.50 bits per heavy atom. The Labute approximate surface area is 226 Å². The van der Waals surface area contributed by atoms with Crippen LogP contribution >= 0.6 is 0 Å². The number of hydrogen-bond donors (Lipinski definition) is 0. The lowest BCUT2D eigenvalue weighted by molar-refractivity contribution is -0.0217. The van der Waals surface area contributed by atoms with Crippen molar-refractivity contribution in [2.75, 3.05) is 0 Å². The normalized spacial score (nSPS) is 12.8. The minimum Gasteiger partial charge on any atom is -0.286 e. The van der Waals surface area contributed by atoms with Gasteiger partial charge in [0, 0.05) is 41.8 Å². The number of aromatic nitrogens is 7. The average molecular weight is 546 g/mol. The molecule has 6 rings (SSSR count). The van der Waals surface area contributed by atoms with E-state index in [1.54, 1.807) is 24.4 Å². The fourth-order valence-electron chi connectivity index (χ4n) is 4.84. The van der Waals surface area contributed by atoms with E-state index < -0.39 is 23.6 Å². The van der Waals surface area contributed by atoms with E-state index in [1.807, 2.05) is 30.5 Å². The fourth-order valence-corrected chi connectivity index (χ4v) is 4.84. The summed E-state index contributed by atoms with van der Waals surface area (Å²) in [6, 6.07) is 13.8. The second-order valence-electron chi connectivity index (χ2n) is 9.74. The molecule has 0 aliphatic rings. The highest BCUT2D eigenvalue weighted by Gasteiger charge is 2.37. The molecule has 11 heteroatoms. The summed E-state index contributed by atoms with van der Waals surface area (Å²) < 4.78 is 62.2. The lowest BCUT2D eigenvalue weighted by Gasteiger charge is -2.24. The Morgan fingerprint density at radius 1 is 0.825 bits per heavy atom. The molecule has 0 saturated heterocycles. The summed E-state index contributed by atoms with van der Waals surface area (Å²) in [5, 5.41) is 8.65. The van der Waals surface area contributed by atoms with Crippen LogP contribution in [0.2, 0.25) is 0 Å². The van der Waals surface area contributed by atoms with Gasteiger partial charge in [-0.1, -0.05) is 18.2 Å². The highest BCUT2D eigenvalue weighted by molar-refractivity contribution is 5.66. The number of pyridine rings is 2. The standard InChI is InChI=1S/C29H23F4N7/c1-17-7-8-18(2)40(17)28-36-27-23(31)13-20(15-39(27)37-28)24-5-4-6-25(35-24)21-14-34-38(16-21)26(29(3,32)33)19-9-11-22(30)12-10-19/h4-16,26H,1-3H3/t26-/m1/s1. The Balaban J connectivity index is 1.36. The third-order valence-corrected chi connectivity index (χ3v) is 6.72. The molecule has 0 aliphatic heterocycles. The van der Waals surface area contributed by atoms with Gasteiger partial charge in [0.05, 0.1) is 17.6 Å². The number of rotatable bonds is 6. The Kier molecular flexibility index (Phi) is 6.01. The summed E-state index contributed by atoms with van der Waals surface area (Å²) >= 11 is 0. The zero-order valence-electron chi connectivity index (χ0n) is 21.7. The molecular formula is C29H23F4N7. The van der Waals surface area contributed by atoms with Crippen LogP contribution < -0.4 is 0 Å². The van der Waals surface area contributed by atoms with Gasteiger partial charge in [-0.05, 0) is 61.9 Å². The molecule has 0 fully saturated rings. The minimum absolute atomic E-state index is 0.0796. The molecule has 5 aromatic heterocycles. The number of nitrogens with zero attached hydrogens (tertiary/aromatic N) is 7.